The van der Waals surface area contributed by atoms with Gasteiger partial charge in [-0.05, 0) is 18.6 Å². The van der Waals surface area contributed by atoms with E-state index in [1.54, 1.807) is 12.1 Å². The van der Waals surface area contributed by atoms with E-state index < -0.39 is 0 Å². The fourth-order valence-corrected chi connectivity index (χ4v) is 0.781. The lowest BCUT2D eigenvalue weighted by Crippen LogP contribution is -1.89. The number of rotatable bonds is 1. The first kappa shape index (κ1) is 7.22. The summed E-state index contributed by atoms with van der Waals surface area (Å²) in [5.41, 5.74) is 1.22. The minimum Gasteiger partial charge on any atom is -0.392 e. The van der Waals surface area contributed by atoms with Crippen molar-refractivity contribution in [3.05, 3.63) is 35.1 Å². The smallest absolute Gasteiger partial charge is 0.128 e. The van der Waals surface area contributed by atoms with Crippen molar-refractivity contribution in [2.24, 2.45) is 0 Å². The van der Waals surface area contributed by atoms with E-state index in [0.717, 1.165) is 5.56 Å². The average Bonchev–Trinajstić information content (AvgIpc) is 1.88. The average molecular weight is 139 g/mol. The van der Waals surface area contributed by atoms with Crippen LogP contribution in [-0.2, 0) is 6.61 Å². The lowest BCUT2D eigenvalue weighted by molar-refractivity contribution is 0.275. The van der Waals surface area contributed by atoms with Gasteiger partial charge in [-0.3, -0.25) is 0 Å². The van der Waals surface area contributed by atoms with E-state index in [2.05, 4.69) is 0 Å². The van der Waals surface area contributed by atoms with Crippen molar-refractivity contribution in [1.29, 1.82) is 0 Å². The zero-order valence-corrected chi connectivity index (χ0v) is 5.76. The molecule has 1 N–H and O–H groups in total. The third kappa shape index (κ3) is 1.33. The number of aliphatic hydroxyl groups is 1. The summed E-state index contributed by atoms with van der Waals surface area (Å²) in [4.78, 5) is 0. The molecule has 1 aromatic carbocycles. The van der Waals surface area contributed by atoms with Crippen LogP contribution in [0.25, 0.3) is 0 Å². The molecule has 0 fully saturated rings. The molecule has 0 radical (unpaired) electrons. The third-order valence-corrected chi connectivity index (χ3v) is 1.38. The Bertz CT molecular complexity index is 233. The van der Waals surface area contributed by atoms with E-state index in [1.807, 2.05) is 6.92 Å². The van der Waals surface area contributed by atoms with Crippen molar-refractivity contribution in [3.8, 4) is 0 Å². The molecule has 0 amide bonds. The van der Waals surface area contributed by atoms with Crippen LogP contribution in [0.3, 0.4) is 0 Å². The van der Waals surface area contributed by atoms with E-state index in [0.29, 0.717) is 5.56 Å². The molecule has 0 aliphatic rings. The van der Waals surface area contributed by atoms with E-state index in [1.165, 1.54) is 6.07 Å². The first-order chi connectivity index (χ1) is 4.74. The molecule has 1 nitrogen and oxygen atoms in total. The molecular formula is C8H9FO. The molecule has 1 aromatic rings. The maximum atomic E-state index is 12.7. The van der Waals surface area contributed by atoms with Crippen LogP contribution in [0.4, 0.5) is 4.39 Å². The molecule has 0 saturated heterocycles. The molecule has 0 unspecified atom stereocenters. The highest BCUT2D eigenvalue weighted by atomic mass is 18.2. The standard InChI is InChI=1S/C8H9FO/c1-6-2-3-7(5-10)8(9)4-6/h2-4,10H,5H2,1H3/i9-1. The Kier molecular flexibility index (Phi) is 2.02. The number of aryl methyl sites for hydroxylation is 1. The molecule has 0 spiro atoms. The van der Waals surface area contributed by atoms with Gasteiger partial charge in [0.2, 0.25) is 0 Å². The van der Waals surface area contributed by atoms with Gasteiger partial charge in [0, 0.05) is 5.56 Å². The molecule has 0 heterocycles. The Morgan fingerprint density at radius 2 is 2.20 bits per heavy atom. The van der Waals surface area contributed by atoms with Crippen molar-refractivity contribution < 1.29 is 9.50 Å². The number of hydrogen-bond donors (Lipinski definition) is 1. The van der Waals surface area contributed by atoms with Gasteiger partial charge in [-0.15, -0.1) is 0 Å². The Hall–Kier alpha value is -0.890. The summed E-state index contributed by atoms with van der Waals surface area (Å²) in [6.45, 7) is 1.58. The molecule has 2 heteroatoms. The minimum absolute atomic E-state index is 0.230. The quantitative estimate of drug-likeness (QED) is 0.627. The second-order valence-corrected chi connectivity index (χ2v) is 2.25. The number of halogens is 1. The van der Waals surface area contributed by atoms with Gasteiger partial charge in [0.25, 0.3) is 0 Å². The summed E-state index contributed by atoms with van der Waals surface area (Å²) in [5, 5.41) is 8.57. The molecular weight excluding hydrogens is 130 g/mol. The van der Waals surface area contributed by atoms with Crippen molar-refractivity contribution in [1.82, 2.24) is 0 Å². The Labute approximate surface area is 59.1 Å². The van der Waals surface area contributed by atoms with Crippen LogP contribution in [0.2, 0.25) is 0 Å². The SMILES string of the molecule is Cc1ccc(CO)c([18F])c1. The monoisotopic (exact) mass is 139 g/mol. The van der Waals surface area contributed by atoms with Gasteiger partial charge >= 0.3 is 0 Å². The molecule has 0 bridgehead atoms. The van der Waals surface area contributed by atoms with Gasteiger partial charge in [-0.1, -0.05) is 12.1 Å². The molecule has 0 aromatic heterocycles. The molecule has 54 valence electrons. The van der Waals surface area contributed by atoms with Gasteiger partial charge in [0.05, 0.1) is 6.61 Å². The van der Waals surface area contributed by atoms with Crippen LogP contribution in [0.5, 0.6) is 0 Å². The zero-order chi connectivity index (χ0) is 7.56. The summed E-state index contributed by atoms with van der Waals surface area (Å²) in [6.07, 6.45) is 0. The summed E-state index contributed by atoms with van der Waals surface area (Å²) >= 11 is 0. The number of benzene rings is 1. The lowest BCUT2D eigenvalue weighted by atomic mass is 10.1. The van der Waals surface area contributed by atoms with Crippen LogP contribution in [0.15, 0.2) is 18.2 Å². The fourth-order valence-electron chi connectivity index (χ4n) is 0.781. The summed E-state index contributed by atoms with van der Waals surface area (Å²) in [6, 6.07) is 4.77. The topological polar surface area (TPSA) is 20.2 Å². The predicted molar refractivity (Wildman–Crippen MR) is 37.1 cm³/mol. The maximum absolute atomic E-state index is 12.7. The lowest BCUT2D eigenvalue weighted by Gasteiger charge is -1.98. The van der Waals surface area contributed by atoms with Gasteiger partial charge in [-0.2, -0.15) is 0 Å². The largest absolute Gasteiger partial charge is 0.392 e. The van der Waals surface area contributed by atoms with Gasteiger partial charge in [0.15, 0.2) is 0 Å². The second kappa shape index (κ2) is 2.80. The van der Waals surface area contributed by atoms with Gasteiger partial charge in [0.1, 0.15) is 5.82 Å². The van der Waals surface area contributed by atoms with Crippen molar-refractivity contribution in [3.63, 3.8) is 0 Å². The van der Waals surface area contributed by atoms with Gasteiger partial charge in [-0.25, -0.2) is 4.39 Å². The van der Waals surface area contributed by atoms with Crippen LogP contribution in [0.1, 0.15) is 11.1 Å². The highest BCUT2D eigenvalue weighted by molar-refractivity contribution is 5.22. The van der Waals surface area contributed by atoms with Crippen LogP contribution >= 0.6 is 0 Å². The normalized spacial score (nSPS) is 9.90. The molecule has 10 heavy (non-hydrogen) atoms. The Balaban J connectivity index is 3.07. The number of aliphatic hydroxyl groups excluding tert-OH is 1. The fraction of sp³-hybridized carbons (Fsp3) is 0.250. The highest BCUT2D eigenvalue weighted by Crippen LogP contribution is 2.08. The molecule has 0 aliphatic heterocycles. The Morgan fingerprint density at radius 3 is 2.70 bits per heavy atom. The first-order valence-electron chi connectivity index (χ1n) is 3.10. The summed E-state index contributed by atoms with van der Waals surface area (Å²) in [5.74, 6) is -0.331. The van der Waals surface area contributed by atoms with E-state index in [9.17, 15) is 4.39 Å². The van der Waals surface area contributed by atoms with Crippen LogP contribution < -0.4 is 0 Å². The summed E-state index contributed by atoms with van der Waals surface area (Å²) in [7, 11) is 0. The zero-order valence-electron chi connectivity index (χ0n) is 5.76. The van der Waals surface area contributed by atoms with E-state index in [-0.39, 0.29) is 12.4 Å². The molecule has 0 saturated carbocycles. The number of hydrogen-bond acceptors (Lipinski definition) is 1. The third-order valence-electron chi connectivity index (χ3n) is 1.38. The minimum atomic E-state index is -0.331. The van der Waals surface area contributed by atoms with Crippen LogP contribution in [0, 0.1) is 12.7 Å². The van der Waals surface area contributed by atoms with Crippen molar-refractivity contribution in [2.75, 3.05) is 0 Å². The van der Waals surface area contributed by atoms with Crippen LogP contribution in [-0.4, -0.2) is 5.11 Å². The molecule has 0 atom stereocenters. The Morgan fingerprint density at radius 1 is 1.50 bits per heavy atom. The molecule has 0 aliphatic carbocycles. The van der Waals surface area contributed by atoms with E-state index in [4.69, 9.17) is 5.11 Å². The van der Waals surface area contributed by atoms with E-state index >= 15 is 0 Å². The predicted octanol–water partition coefficient (Wildman–Crippen LogP) is 1.63. The first-order valence-corrected chi connectivity index (χ1v) is 3.10. The van der Waals surface area contributed by atoms with Gasteiger partial charge < -0.3 is 5.11 Å². The maximum Gasteiger partial charge on any atom is 0.128 e. The second-order valence-electron chi connectivity index (χ2n) is 2.25. The van der Waals surface area contributed by atoms with Crippen molar-refractivity contribution >= 4 is 0 Å². The summed E-state index contributed by atoms with van der Waals surface area (Å²) < 4.78 is 12.7. The molecule has 1 rings (SSSR count). The highest BCUT2D eigenvalue weighted by Gasteiger charge is 1.98. The van der Waals surface area contributed by atoms with Crippen molar-refractivity contribution in [2.45, 2.75) is 13.5 Å².